The molecule has 9 heteroatoms. The second kappa shape index (κ2) is 9.43. The summed E-state index contributed by atoms with van der Waals surface area (Å²) in [7, 11) is 0. The number of Topliss-reactive ketones (excluding diaryl/α,β-unsaturated/α-hetero) is 1. The number of hydrogen-bond donors (Lipinski definition) is 1. The number of ether oxygens (including phenoxy) is 1. The van der Waals surface area contributed by atoms with E-state index in [0.29, 0.717) is 26.7 Å². The second-order valence-electron chi connectivity index (χ2n) is 6.62. The lowest BCUT2D eigenvalue weighted by Crippen LogP contribution is -2.40. The Morgan fingerprint density at radius 2 is 1.55 bits per heavy atom. The standard InChI is InChI=1S/C22H19Cl2N3O4/c1-3-31-22(30)20(25)27-21(29)17(12(2)28)18(13-4-8-15(23)9-5-13)19(26-27)14-6-10-16(24)11-7-14/h4-11,20H,3,25H2,1-2H3/t20-/m0/s1. The molecule has 31 heavy (non-hydrogen) atoms. The molecule has 0 unspecified atom stereocenters. The van der Waals surface area contributed by atoms with Crippen molar-refractivity contribution in [2.75, 3.05) is 6.61 Å². The first-order valence-electron chi connectivity index (χ1n) is 9.36. The SMILES string of the molecule is CCOC(=O)[C@@H](N)n1nc(-c2ccc(Cl)cc2)c(-c2ccc(Cl)cc2)c(C(C)=O)c1=O. The van der Waals surface area contributed by atoms with Crippen molar-refractivity contribution in [2.45, 2.75) is 20.0 Å². The number of carbonyl (C=O) groups excluding carboxylic acids is 2. The van der Waals surface area contributed by atoms with E-state index in [0.717, 1.165) is 4.68 Å². The van der Waals surface area contributed by atoms with Gasteiger partial charge < -0.3 is 10.5 Å². The molecule has 2 aromatic carbocycles. The first-order valence-corrected chi connectivity index (χ1v) is 10.1. The molecule has 160 valence electrons. The number of carbonyl (C=O) groups is 2. The molecule has 1 atom stereocenters. The van der Waals surface area contributed by atoms with E-state index in [1.54, 1.807) is 55.5 Å². The maximum absolute atomic E-state index is 13.2. The van der Waals surface area contributed by atoms with Gasteiger partial charge in [0.2, 0.25) is 6.17 Å². The van der Waals surface area contributed by atoms with Crippen LogP contribution < -0.4 is 11.3 Å². The van der Waals surface area contributed by atoms with Crippen LogP contribution in [0, 0.1) is 0 Å². The molecule has 0 bridgehead atoms. The molecule has 0 saturated carbocycles. The normalized spacial score (nSPS) is 11.8. The minimum atomic E-state index is -1.52. The highest BCUT2D eigenvalue weighted by molar-refractivity contribution is 6.31. The van der Waals surface area contributed by atoms with Crippen LogP contribution in [0.2, 0.25) is 10.0 Å². The Morgan fingerprint density at radius 3 is 2.03 bits per heavy atom. The molecule has 1 heterocycles. The maximum atomic E-state index is 13.2. The number of hydrogen-bond acceptors (Lipinski definition) is 6. The summed E-state index contributed by atoms with van der Waals surface area (Å²) in [5, 5.41) is 5.36. The summed E-state index contributed by atoms with van der Waals surface area (Å²) in [6.45, 7) is 2.96. The van der Waals surface area contributed by atoms with Gasteiger partial charge in [-0.1, -0.05) is 47.5 Å². The zero-order valence-electron chi connectivity index (χ0n) is 16.8. The van der Waals surface area contributed by atoms with Crippen LogP contribution in [0.15, 0.2) is 53.3 Å². The molecule has 0 aliphatic rings. The van der Waals surface area contributed by atoms with Gasteiger partial charge >= 0.3 is 5.97 Å². The van der Waals surface area contributed by atoms with Crippen LogP contribution in [0.3, 0.4) is 0 Å². The van der Waals surface area contributed by atoms with Gasteiger partial charge in [0, 0.05) is 21.2 Å². The third-order valence-corrected chi connectivity index (χ3v) is 5.01. The summed E-state index contributed by atoms with van der Waals surface area (Å²) in [6, 6.07) is 13.3. The van der Waals surface area contributed by atoms with Gasteiger partial charge in [0.25, 0.3) is 5.56 Å². The molecule has 7 nitrogen and oxygen atoms in total. The van der Waals surface area contributed by atoms with Crippen molar-refractivity contribution in [3.05, 3.63) is 74.5 Å². The number of esters is 1. The van der Waals surface area contributed by atoms with Crippen LogP contribution in [0.4, 0.5) is 0 Å². The number of ketones is 1. The molecule has 0 amide bonds. The summed E-state index contributed by atoms with van der Waals surface area (Å²) < 4.78 is 5.70. The Kier molecular flexibility index (Phi) is 6.90. The van der Waals surface area contributed by atoms with Gasteiger partial charge in [-0.25, -0.2) is 4.79 Å². The Morgan fingerprint density at radius 1 is 1.03 bits per heavy atom. The van der Waals surface area contributed by atoms with Crippen molar-refractivity contribution in [3.8, 4) is 22.4 Å². The van der Waals surface area contributed by atoms with E-state index in [2.05, 4.69) is 5.10 Å². The molecule has 0 aliphatic carbocycles. The number of nitrogens with zero attached hydrogens (tertiary/aromatic N) is 2. The van der Waals surface area contributed by atoms with Crippen molar-refractivity contribution in [2.24, 2.45) is 5.73 Å². The van der Waals surface area contributed by atoms with Gasteiger partial charge in [-0.15, -0.1) is 0 Å². The highest BCUT2D eigenvalue weighted by atomic mass is 35.5. The molecule has 0 fully saturated rings. The molecule has 3 rings (SSSR count). The van der Waals surface area contributed by atoms with E-state index >= 15 is 0 Å². The van der Waals surface area contributed by atoms with Gasteiger partial charge in [-0.3, -0.25) is 9.59 Å². The smallest absolute Gasteiger partial charge is 0.345 e. The molecule has 0 saturated heterocycles. The predicted octanol–water partition coefficient (Wildman–Crippen LogP) is 4.11. The molecule has 3 aromatic rings. The largest absolute Gasteiger partial charge is 0.463 e. The minimum Gasteiger partial charge on any atom is -0.463 e. The Bertz CT molecular complexity index is 1190. The fourth-order valence-electron chi connectivity index (χ4n) is 3.09. The van der Waals surface area contributed by atoms with E-state index in [9.17, 15) is 14.4 Å². The van der Waals surface area contributed by atoms with Crippen LogP contribution in [-0.4, -0.2) is 28.1 Å². The Balaban J connectivity index is 2.40. The lowest BCUT2D eigenvalue weighted by atomic mass is 9.94. The van der Waals surface area contributed by atoms with Crippen LogP contribution in [0.5, 0.6) is 0 Å². The fraction of sp³-hybridized carbons (Fsp3) is 0.182. The lowest BCUT2D eigenvalue weighted by molar-refractivity contribution is -0.147. The van der Waals surface area contributed by atoms with E-state index in [1.807, 2.05) is 0 Å². The minimum absolute atomic E-state index is 0.0771. The van der Waals surface area contributed by atoms with Gasteiger partial charge in [-0.2, -0.15) is 9.78 Å². The van der Waals surface area contributed by atoms with Crippen LogP contribution >= 0.6 is 23.2 Å². The third-order valence-electron chi connectivity index (χ3n) is 4.51. The number of rotatable bonds is 6. The summed E-state index contributed by atoms with van der Waals surface area (Å²) in [6.07, 6.45) is -1.52. The molecule has 1 aromatic heterocycles. The molecule has 0 radical (unpaired) electrons. The average molecular weight is 460 g/mol. The number of nitrogens with two attached hydrogens (primary N) is 1. The average Bonchev–Trinajstić information content (AvgIpc) is 2.74. The van der Waals surface area contributed by atoms with Gasteiger partial charge in [0.05, 0.1) is 17.9 Å². The quantitative estimate of drug-likeness (QED) is 0.439. The third kappa shape index (κ3) is 4.69. The van der Waals surface area contributed by atoms with E-state index in [1.165, 1.54) is 6.92 Å². The zero-order valence-corrected chi connectivity index (χ0v) is 18.3. The summed E-state index contributed by atoms with van der Waals surface area (Å²) in [5.74, 6) is -1.34. The topological polar surface area (TPSA) is 104 Å². The monoisotopic (exact) mass is 459 g/mol. The van der Waals surface area contributed by atoms with Crippen molar-refractivity contribution < 1.29 is 14.3 Å². The van der Waals surface area contributed by atoms with Crippen LogP contribution in [0.25, 0.3) is 22.4 Å². The maximum Gasteiger partial charge on any atom is 0.345 e. The predicted molar refractivity (Wildman–Crippen MR) is 119 cm³/mol. The summed E-state index contributed by atoms with van der Waals surface area (Å²) in [4.78, 5) is 38.0. The highest BCUT2D eigenvalue weighted by Crippen LogP contribution is 2.33. The van der Waals surface area contributed by atoms with E-state index in [4.69, 9.17) is 33.7 Å². The second-order valence-corrected chi connectivity index (χ2v) is 7.49. The first kappa shape index (κ1) is 22.7. The number of aromatic nitrogens is 2. The van der Waals surface area contributed by atoms with Crippen molar-refractivity contribution in [3.63, 3.8) is 0 Å². The zero-order chi connectivity index (χ0) is 22.7. The highest BCUT2D eigenvalue weighted by Gasteiger charge is 2.28. The first-order chi connectivity index (χ1) is 14.7. The number of halogens is 2. The van der Waals surface area contributed by atoms with Gasteiger partial charge in [-0.05, 0) is 43.7 Å². The van der Waals surface area contributed by atoms with Gasteiger partial charge in [0.15, 0.2) is 5.78 Å². The van der Waals surface area contributed by atoms with Crippen molar-refractivity contribution in [1.29, 1.82) is 0 Å². The molecule has 2 N–H and O–H groups in total. The van der Waals surface area contributed by atoms with E-state index in [-0.39, 0.29) is 17.9 Å². The lowest BCUT2D eigenvalue weighted by Gasteiger charge is -2.19. The van der Waals surface area contributed by atoms with Gasteiger partial charge in [0.1, 0.15) is 0 Å². The molecular formula is C22H19Cl2N3O4. The summed E-state index contributed by atoms with van der Waals surface area (Å²) >= 11 is 12.0. The molecule has 0 aliphatic heterocycles. The summed E-state index contributed by atoms with van der Waals surface area (Å²) in [5.41, 5.74) is 6.72. The van der Waals surface area contributed by atoms with Crippen molar-refractivity contribution in [1.82, 2.24) is 9.78 Å². The molecule has 0 spiro atoms. The fourth-order valence-corrected chi connectivity index (χ4v) is 3.35. The van der Waals surface area contributed by atoms with Crippen LogP contribution in [0.1, 0.15) is 30.4 Å². The Hall–Kier alpha value is -3.00. The molecular weight excluding hydrogens is 441 g/mol. The van der Waals surface area contributed by atoms with Crippen molar-refractivity contribution >= 4 is 35.0 Å². The Labute approximate surface area is 188 Å². The van der Waals surface area contributed by atoms with Crippen LogP contribution in [-0.2, 0) is 9.53 Å². The number of benzene rings is 2. The van der Waals surface area contributed by atoms with E-state index < -0.39 is 23.5 Å².